The molecule has 1 aromatic heterocycles. The summed E-state index contributed by atoms with van der Waals surface area (Å²) in [6.45, 7) is 0.750. The number of benzene rings is 2. The van der Waals surface area contributed by atoms with Crippen LogP contribution in [0.5, 0.6) is 5.75 Å². The summed E-state index contributed by atoms with van der Waals surface area (Å²) in [5.41, 5.74) is 1.96. The number of rotatable bonds is 7. The van der Waals surface area contributed by atoms with Crippen molar-refractivity contribution in [3.8, 4) is 5.75 Å². The highest BCUT2D eigenvalue weighted by Crippen LogP contribution is 2.42. The number of ether oxygens (including phenoxy) is 2. The van der Waals surface area contributed by atoms with Gasteiger partial charge in [-0.15, -0.1) is 0 Å². The lowest BCUT2D eigenvalue weighted by molar-refractivity contribution is -0.140. The molecule has 2 heterocycles. The quantitative estimate of drug-likeness (QED) is 0.240. The van der Waals surface area contributed by atoms with Crippen LogP contribution in [0, 0.1) is 0 Å². The van der Waals surface area contributed by atoms with Gasteiger partial charge in [0.2, 0.25) is 0 Å². The number of carbonyl (C=O) groups is 2. The van der Waals surface area contributed by atoms with Crippen LogP contribution in [0.1, 0.15) is 23.6 Å². The third kappa shape index (κ3) is 3.74. The van der Waals surface area contributed by atoms with Crippen molar-refractivity contribution in [3.05, 3.63) is 70.4 Å². The van der Waals surface area contributed by atoms with E-state index in [0.717, 1.165) is 16.5 Å². The SMILES string of the molecule is COCCCN1C(=O)C(=O)/C(=C(/O)c2ccc(OC)c(Cl)c2)C1c1c[nH]c2ccccc12. The summed E-state index contributed by atoms with van der Waals surface area (Å²) in [6, 6.07) is 11.6. The third-order valence-corrected chi connectivity index (χ3v) is 5.92. The molecule has 0 aliphatic carbocycles. The number of hydrogen-bond acceptors (Lipinski definition) is 5. The fourth-order valence-electron chi connectivity index (χ4n) is 4.10. The van der Waals surface area contributed by atoms with Crippen LogP contribution in [-0.2, 0) is 14.3 Å². The second-order valence-corrected chi connectivity index (χ2v) is 7.88. The maximum absolute atomic E-state index is 13.1. The summed E-state index contributed by atoms with van der Waals surface area (Å²) >= 11 is 6.23. The summed E-state index contributed by atoms with van der Waals surface area (Å²) in [7, 11) is 3.07. The number of ketones is 1. The molecule has 0 radical (unpaired) electrons. The van der Waals surface area contributed by atoms with Gasteiger partial charge in [-0.2, -0.15) is 0 Å². The number of hydrogen-bond donors (Lipinski definition) is 2. The number of methoxy groups -OCH3 is 2. The number of aliphatic hydroxyl groups is 1. The number of halogens is 1. The zero-order valence-corrected chi connectivity index (χ0v) is 18.5. The molecule has 2 N–H and O–H groups in total. The lowest BCUT2D eigenvalue weighted by atomic mass is 9.95. The maximum Gasteiger partial charge on any atom is 0.295 e. The Morgan fingerprint density at radius 3 is 2.69 bits per heavy atom. The number of amides is 1. The standard InChI is InChI=1S/C24H23ClN2O5/c1-31-11-5-10-27-21(16-13-26-18-7-4-3-6-15(16)18)20(23(29)24(27)30)22(28)14-8-9-19(32-2)17(25)12-14/h3-4,6-9,12-13,21,26,28H,5,10-11H2,1-2H3/b22-20+. The molecule has 1 saturated heterocycles. The number of aliphatic hydroxyl groups excluding tert-OH is 1. The van der Waals surface area contributed by atoms with Crippen LogP contribution in [0.25, 0.3) is 16.7 Å². The Morgan fingerprint density at radius 2 is 1.97 bits per heavy atom. The smallest absolute Gasteiger partial charge is 0.295 e. The lowest BCUT2D eigenvalue weighted by Crippen LogP contribution is -2.31. The van der Waals surface area contributed by atoms with E-state index in [1.807, 2.05) is 24.3 Å². The molecule has 7 nitrogen and oxygen atoms in total. The minimum Gasteiger partial charge on any atom is -0.507 e. The van der Waals surface area contributed by atoms with Crippen molar-refractivity contribution in [2.75, 3.05) is 27.4 Å². The lowest BCUT2D eigenvalue weighted by Gasteiger charge is -2.24. The van der Waals surface area contributed by atoms with E-state index in [0.29, 0.717) is 30.9 Å². The Kier molecular flexibility index (Phi) is 6.21. The van der Waals surface area contributed by atoms with Crippen molar-refractivity contribution < 1.29 is 24.2 Å². The van der Waals surface area contributed by atoms with E-state index in [2.05, 4.69) is 4.98 Å². The van der Waals surface area contributed by atoms with Gasteiger partial charge in [0.15, 0.2) is 0 Å². The highest BCUT2D eigenvalue weighted by atomic mass is 35.5. The van der Waals surface area contributed by atoms with Crippen LogP contribution in [0.2, 0.25) is 5.02 Å². The van der Waals surface area contributed by atoms with Crippen LogP contribution < -0.4 is 4.74 Å². The normalized spacial score (nSPS) is 18.0. The Bertz CT molecular complexity index is 1220. The van der Waals surface area contributed by atoms with E-state index in [4.69, 9.17) is 21.1 Å². The largest absolute Gasteiger partial charge is 0.507 e. The highest BCUT2D eigenvalue weighted by molar-refractivity contribution is 6.46. The minimum atomic E-state index is -0.746. The Balaban J connectivity index is 1.88. The molecule has 3 aromatic rings. The average molecular weight is 455 g/mol. The summed E-state index contributed by atoms with van der Waals surface area (Å²) in [5, 5.41) is 12.3. The molecule has 4 rings (SSSR count). The number of likely N-dealkylation sites (tertiary alicyclic amines) is 1. The fraction of sp³-hybridized carbons (Fsp3) is 0.250. The molecule has 1 aliphatic rings. The van der Waals surface area contributed by atoms with Gasteiger partial charge in [0.25, 0.3) is 11.7 Å². The predicted molar refractivity (Wildman–Crippen MR) is 122 cm³/mol. The Morgan fingerprint density at radius 1 is 1.19 bits per heavy atom. The number of aromatic amines is 1. The zero-order chi connectivity index (χ0) is 22.8. The summed E-state index contributed by atoms with van der Waals surface area (Å²) in [6.07, 6.45) is 2.33. The monoisotopic (exact) mass is 454 g/mol. The number of carbonyl (C=O) groups excluding carboxylic acids is 2. The highest BCUT2D eigenvalue weighted by Gasteiger charge is 2.46. The molecule has 32 heavy (non-hydrogen) atoms. The van der Waals surface area contributed by atoms with Crippen LogP contribution in [0.4, 0.5) is 0 Å². The van der Waals surface area contributed by atoms with E-state index in [-0.39, 0.29) is 16.4 Å². The Hall–Kier alpha value is -3.29. The van der Waals surface area contributed by atoms with Crippen LogP contribution in [0.3, 0.4) is 0 Å². The molecule has 1 aliphatic heterocycles. The van der Waals surface area contributed by atoms with Crippen molar-refractivity contribution in [1.82, 2.24) is 9.88 Å². The summed E-state index contributed by atoms with van der Waals surface area (Å²) in [5.74, 6) is -1.23. The number of fused-ring (bicyclic) bond motifs is 1. The molecule has 1 unspecified atom stereocenters. The molecule has 2 aromatic carbocycles. The maximum atomic E-state index is 13.1. The van der Waals surface area contributed by atoms with E-state index in [1.54, 1.807) is 25.4 Å². The number of aromatic nitrogens is 1. The van der Waals surface area contributed by atoms with Crippen LogP contribution in [0.15, 0.2) is 54.2 Å². The van der Waals surface area contributed by atoms with Gasteiger partial charge in [-0.25, -0.2) is 0 Å². The molecule has 0 bridgehead atoms. The van der Waals surface area contributed by atoms with Crippen LogP contribution in [-0.4, -0.2) is 54.1 Å². The molecular formula is C24H23ClN2O5. The molecule has 0 spiro atoms. The van der Waals surface area contributed by atoms with Gasteiger partial charge in [0.05, 0.1) is 23.7 Å². The first kappa shape index (κ1) is 21.9. The number of H-pyrrole nitrogens is 1. The topological polar surface area (TPSA) is 91.9 Å². The van der Waals surface area contributed by atoms with E-state index in [9.17, 15) is 14.7 Å². The third-order valence-electron chi connectivity index (χ3n) is 5.63. The summed E-state index contributed by atoms with van der Waals surface area (Å²) < 4.78 is 10.3. The Labute approximate surface area is 190 Å². The number of nitrogens with zero attached hydrogens (tertiary/aromatic N) is 1. The van der Waals surface area contributed by atoms with Gasteiger partial charge in [0.1, 0.15) is 11.5 Å². The molecule has 8 heteroatoms. The van der Waals surface area contributed by atoms with Gasteiger partial charge in [-0.3, -0.25) is 9.59 Å². The average Bonchev–Trinajstić information content (AvgIpc) is 3.33. The molecule has 1 amide bonds. The molecular weight excluding hydrogens is 432 g/mol. The first-order chi connectivity index (χ1) is 15.5. The molecule has 166 valence electrons. The fourth-order valence-corrected chi connectivity index (χ4v) is 4.36. The van der Waals surface area contributed by atoms with Crippen molar-refractivity contribution in [2.24, 2.45) is 0 Å². The van der Waals surface area contributed by atoms with E-state index >= 15 is 0 Å². The minimum absolute atomic E-state index is 0.0263. The van der Waals surface area contributed by atoms with Gasteiger partial charge >= 0.3 is 0 Å². The molecule has 1 fully saturated rings. The van der Waals surface area contributed by atoms with Crippen molar-refractivity contribution in [3.63, 3.8) is 0 Å². The first-order valence-corrected chi connectivity index (χ1v) is 10.5. The summed E-state index contributed by atoms with van der Waals surface area (Å²) in [4.78, 5) is 30.8. The zero-order valence-electron chi connectivity index (χ0n) is 17.7. The van der Waals surface area contributed by atoms with Gasteiger partial charge in [-0.05, 0) is 30.7 Å². The molecule has 0 saturated carbocycles. The second kappa shape index (κ2) is 9.06. The first-order valence-electron chi connectivity index (χ1n) is 10.1. The van der Waals surface area contributed by atoms with E-state index < -0.39 is 17.7 Å². The van der Waals surface area contributed by atoms with Crippen molar-refractivity contribution >= 4 is 40.0 Å². The van der Waals surface area contributed by atoms with Gasteiger partial charge in [0, 0.05) is 48.5 Å². The number of Topliss-reactive ketones (excluding diaryl/α,β-unsaturated/α-hetero) is 1. The molecule has 1 atom stereocenters. The van der Waals surface area contributed by atoms with Crippen molar-refractivity contribution in [2.45, 2.75) is 12.5 Å². The van der Waals surface area contributed by atoms with Crippen molar-refractivity contribution in [1.29, 1.82) is 0 Å². The van der Waals surface area contributed by atoms with E-state index in [1.165, 1.54) is 18.1 Å². The number of nitrogens with one attached hydrogen (secondary N) is 1. The van der Waals surface area contributed by atoms with Gasteiger partial charge in [-0.1, -0.05) is 29.8 Å². The predicted octanol–water partition coefficient (Wildman–Crippen LogP) is 4.29. The second-order valence-electron chi connectivity index (χ2n) is 7.48. The number of para-hydroxylation sites is 1. The van der Waals surface area contributed by atoms with Gasteiger partial charge < -0.3 is 24.5 Å². The van der Waals surface area contributed by atoms with Crippen LogP contribution >= 0.6 is 11.6 Å².